The van der Waals surface area contributed by atoms with E-state index >= 15 is 0 Å². The van der Waals surface area contributed by atoms with Crippen molar-refractivity contribution in [3.63, 3.8) is 0 Å². The molecule has 0 N–H and O–H groups in total. The van der Waals surface area contributed by atoms with Gasteiger partial charge in [0.15, 0.2) is 0 Å². The number of aromatic nitrogens is 2. The van der Waals surface area contributed by atoms with Gasteiger partial charge in [0.25, 0.3) is 0 Å². The van der Waals surface area contributed by atoms with Gasteiger partial charge in [0.05, 0.1) is 23.3 Å². The molecule has 0 radical (unpaired) electrons. The Morgan fingerprint density at radius 1 is 1.15 bits per heavy atom. The Hall–Kier alpha value is -2.13. The highest BCUT2D eigenvalue weighted by molar-refractivity contribution is 6.17. The first-order valence-corrected chi connectivity index (χ1v) is 6.85. The highest BCUT2D eigenvalue weighted by Crippen LogP contribution is 2.30. The average molecular weight is 285 g/mol. The van der Waals surface area contributed by atoms with Crippen molar-refractivity contribution in [3.8, 4) is 11.5 Å². The molecule has 0 unspecified atom stereocenters. The lowest BCUT2D eigenvalue weighted by molar-refractivity contribution is 0.484. The molecule has 1 aromatic carbocycles. The summed E-state index contributed by atoms with van der Waals surface area (Å²) >= 11 is 5.89. The number of ether oxygens (including phenoxy) is 1. The topological polar surface area (TPSA) is 35.0 Å². The number of hydrogen-bond acceptors (Lipinski definition) is 3. The number of benzene rings is 1. The van der Waals surface area contributed by atoms with Crippen molar-refractivity contribution in [2.24, 2.45) is 0 Å². The van der Waals surface area contributed by atoms with Gasteiger partial charge in [-0.15, -0.1) is 11.6 Å². The fourth-order valence-corrected chi connectivity index (χ4v) is 2.13. The van der Waals surface area contributed by atoms with E-state index in [-0.39, 0.29) is 0 Å². The number of pyridine rings is 2. The summed E-state index contributed by atoms with van der Waals surface area (Å²) in [5.41, 5.74) is 2.62. The van der Waals surface area contributed by atoms with Gasteiger partial charge < -0.3 is 4.74 Å². The molecule has 0 fully saturated rings. The minimum atomic E-state index is 0.355. The van der Waals surface area contributed by atoms with Crippen LogP contribution in [0.1, 0.15) is 11.4 Å². The van der Waals surface area contributed by atoms with Gasteiger partial charge in [-0.05, 0) is 31.2 Å². The van der Waals surface area contributed by atoms with Gasteiger partial charge in [0.2, 0.25) is 0 Å². The summed E-state index contributed by atoms with van der Waals surface area (Å²) in [6.07, 6.45) is 1.71. The Labute approximate surface area is 122 Å². The van der Waals surface area contributed by atoms with E-state index in [1.54, 1.807) is 6.20 Å². The molecular weight excluding hydrogens is 272 g/mol. The van der Waals surface area contributed by atoms with E-state index in [0.717, 1.165) is 28.0 Å². The molecule has 2 heterocycles. The maximum absolute atomic E-state index is 5.93. The number of halogens is 1. The van der Waals surface area contributed by atoms with Crippen molar-refractivity contribution >= 4 is 22.5 Å². The molecule has 0 bridgehead atoms. The van der Waals surface area contributed by atoms with E-state index in [9.17, 15) is 0 Å². The van der Waals surface area contributed by atoms with Gasteiger partial charge >= 0.3 is 0 Å². The van der Waals surface area contributed by atoms with Crippen LogP contribution in [0.2, 0.25) is 0 Å². The number of rotatable bonds is 3. The molecule has 0 amide bonds. The smallest absolute Gasteiger partial charge is 0.145 e. The normalized spacial score (nSPS) is 10.7. The van der Waals surface area contributed by atoms with Crippen LogP contribution in [0.4, 0.5) is 0 Å². The van der Waals surface area contributed by atoms with Crippen molar-refractivity contribution < 1.29 is 4.74 Å². The molecule has 0 aliphatic rings. The van der Waals surface area contributed by atoms with E-state index in [0.29, 0.717) is 11.6 Å². The number of nitrogens with zero attached hydrogens (tertiary/aromatic N) is 2. The number of fused-ring (bicyclic) bond motifs is 1. The molecule has 0 aliphatic carbocycles. The van der Waals surface area contributed by atoms with E-state index in [2.05, 4.69) is 9.97 Å². The second kappa shape index (κ2) is 5.47. The largest absolute Gasteiger partial charge is 0.455 e. The minimum absolute atomic E-state index is 0.355. The molecule has 20 heavy (non-hydrogen) atoms. The van der Waals surface area contributed by atoms with E-state index in [4.69, 9.17) is 16.3 Å². The van der Waals surface area contributed by atoms with E-state index < -0.39 is 0 Å². The quantitative estimate of drug-likeness (QED) is 0.666. The lowest BCUT2D eigenvalue weighted by Gasteiger charge is -2.10. The molecule has 3 rings (SSSR count). The Bertz CT molecular complexity index is 741. The molecule has 3 aromatic rings. The predicted molar refractivity (Wildman–Crippen MR) is 80.3 cm³/mol. The Kier molecular flexibility index (Phi) is 3.52. The molecule has 0 aliphatic heterocycles. The second-order valence-electron chi connectivity index (χ2n) is 4.50. The average Bonchev–Trinajstić information content (AvgIpc) is 2.49. The van der Waals surface area contributed by atoms with Crippen molar-refractivity contribution in [3.05, 3.63) is 60.0 Å². The van der Waals surface area contributed by atoms with Gasteiger partial charge in [-0.3, -0.25) is 9.97 Å². The molecule has 3 nitrogen and oxygen atoms in total. The van der Waals surface area contributed by atoms with Crippen molar-refractivity contribution in [1.29, 1.82) is 0 Å². The zero-order valence-electron chi connectivity index (χ0n) is 11.0. The van der Waals surface area contributed by atoms with Gasteiger partial charge in [-0.25, -0.2) is 0 Å². The molecule has 0 saturated carbocycles. The summed E-state index contributed by atoms with van der Waals surface area (Å²) < 4.78 is 5.93. The number of alkyl halides is 1. The standard InChI is InChI=1S/C16H13ClN2O/c1-11-6-7-13(10-18-11)20-16-8-12(9-17)19-15-5-3-2-4-14(15)16/h2-8,10H,9H2,1H3. The van der Waals surface area contributed by atoms with Gasteiger partial charge in [-0.1, -0.05) is 12.1 Å². The summed E-state index contributed by atoms with van der Waals surface area (Å²) in [7, 11) is 0. The summed E-state index contributed by atoms with van der Waals surface area (Å²) in [6, 6.07) is 13.5. The van der Waals surface area contributed by atoms with Crippen LogP contribution in [-0.2, 0) is 5.88 Å². The number of hydrogen-bond donors (Lipinski definition) is 0. The maximum atomic E-state index is 5.93. The van der Waals surface area contributed by atoms with E-state index in [1.165, 1.54) is 0 Å². The molecule has 100 valence electrons. The van der Waals surface area contributed by atoms with Gasteiger partial charge in [0, 0.05) is 17.1 Å². The monoisotopic (exact) mass is 284 g/mol. The lowest BCUT2D eigenvalue weighted by Crippen LogP contribution is -1.93. The molecule has 0 spiro atoms. The van der Waals surface area contributed by atoms with Crippen LogP contribution < -0.4 is 4.74 Å². The highest BCUT2D eigenvalue weighted by Gasteiger charge is 2.07. The first-order valence-electron chi connectivity index (χ1n) is 6.31. The summed E-state index contributed by atoms with van der Waals surface area (Å²) in [5.74, 6) is 1.80. The minimum Gasteiger partial charge on any atom is -0.455 e. The Morgan fingerprint density at radius 3 is 2.75 bits per heavy atom. The van der Waals surface area contributed by atoms with Gasteiger partial charge in [-0.2, -0.15) is 0 Å². The fourth-order valence-electron chi connectivity index (χ4n) is 1.99. The zero-order chi connectivity index (χ0) is 13.9. The SMILES string of the molecule is Cc1ccc(Oc2cc(CCl)nc3ccccc23)cn1. The molecular formula is C16H13ClN2O. The predicted octanol–water partition coefficient (Wildman–Crippen LogP) is 4.47. The number of aryl methyl sites for hydroxylation is 1. The Morgan fingerprint density at radius 2 is 2.00 bits per heavy atom. The van der Waals surface area contributed by atoms with E-state index in [1.807, 2.05) is 49.4 Å². The van der Waals surface area contributed by atoms with Crippen molar-refractivity contribution in [1.82, 2.24) is 9.97 Å². The third-order valence-corrected chi connectivity index (χ3v) is 3.25. The molecule has 2 aromatic heterocycles. The summed E-state index contributed by atoms with van der Waals surface area (Å²) in [6.45, 7) is 1.94. The fraction of sp³-hybridized carbons (Fsp3) is 0.125. The first-order chi connectivity index (χ1) is 9.76. The van der Waals surface area contributed by atoms with Crippen LogP contribution in [0.25, 0.3) is 10.9 Å². The van der Waals surface area contributed by atoms with Gasteiger partial charge in [0.1, 0.15) is 11.5 Å². The third kappa shape index (κ3) is 2.58. The Balaban J connectivity index is 2.07. The van der Waals surface area contributed by atoms with Crippen molar-refractivity contribution in [2.45, 2.75) is 12.8 Å². The summed E-state index contributed by atoms with van der Waals surface area (Å²) in [4.78, 5) is 8.71. The van der Waals surface area contributed by atoms with Crippen LogP contribution in [0.5, 0.6) is 11.5 Å². The number of para-hydroxylation sites is 1. The molecule has 4 heteroatoms. The van der Waals surface area contributed by atoms with Crippen LogP contribution in [0.15, 0.2) is 48.7 Å². The maximum Gasteiger partial charge on any atom is 0.145 e. The van der Waals surface area contributed by atoms with Crippen LogP contribution in [0.3, 0.4) is 0 Å². The second-order valence-corrected chi connectivity index (χ2v) is 4.77. The van der Waals surface area contributed by atoms with Crippen molar-refractivity contribution in [2.75, 3.05) is 0 Å². The van der Waals surface area contributed by atoms with Crippen LogP contribution in [-0.4, -0.2) is 9.97 Å². The first kappa shape index (κ1) is 12.9. The zero-order valence-corrected chi connectivity index (χ0v) is 11.8. The molecule has 0 saturated heterocycles. The lowest BCUT2D eigenvalue weighted by atomic mass is 10.2. The molecule has 0 atom stereocenters. The van der Waals surface area contributed by atoms with Crippen LogP contribution >= 0.6 is 11.6 Å². The summed E-state index contributed by atoms with van der Waals surface area (Å²) in [5, 5.41) is 0.960. The third-order valence-electron chi connectivity index (χ3n) is 2.98. The highest BCUT2D eigenvalue weighted by atomic mass is 35.5. The van der Waals surface area contributed by atoms with Crippen LogP contribution in [0, 0.1) is 6.92 Å².